The maximum Gasteiger partial charge on any atom is 0.300 e. The molecule has 1 aromatic heterocycles. The molecule has 2 amide bonds. The molecular formula is C12H18N4O3. The van der Waals surface area contributed by atoms with E-state index in [1.165, 1.54) is 0 Å². The molecule has 2 rings (SSSR count). The number of amides is 2. The lowest BCUT2D eigenvalue weighted by Gasteiger charge is -2.14. The maximum absolute atomic E-state index is 11.6. The van der Waals surface area contributed by atoms with Crippen LogP contribution in [0.2, 0.25) is 0 Å². The second kappa shape index (κ2) is 5.85. The highest BCUT2D eigenvalue weighted by Gasteiger charge is 2.23. The summed E-state index contributed by atoms with van der Waals surface area (Å²) in [5.74, 6) is 5.32. The zero-order valence-electron chi connectivity index (χ0n) is 10.8. The molecule has 1 aromatic rings. The zero-order valence-corrected chi connectivity index (χ0v) is 10.8. The summed E-state index contributed by atoms with van der Waals surface area (Å²) in [6, 6.07) is 3.61. The van der Waals surface area contributed by atoms with E-state index in [4.69, 9.17) is 10.3 Å². The van der Waals surface area contributed by atoms with Crippen molar-refractivity contribution in [3.63, 3.8) is 0 Å². The lowest BCUT2D eigenvalue weighted by Crippen LogP contribution is -2.35. The quantitative estimate of drug-likeness (QED) is 0.369. The van der Waals surface area contributed by atoms with Crippen molar-refractivity contribution in [3.8, 4) is 0 Å². The van der Waals surface area contributed by atoms with Crippen LogP contribution in [0.3, 0.4) is 0 Å². The molecule has 1 saturated carbocycles. The van der Waals surface area contributed by atoms with Gasteiger partial charge >= 0.3 is 5.91 Å². The van der Waals surface area contributed by atoms with E-state index in [0.717, 1.165) is 12.8 Å². The first-order chi connectivity index (χ1) is 9.08. The average molecular weight is 266 g/mol. The van der Waals surface area contributed by atoms with Gasteiger partial charge in [0.15, 0.2) is 5.76 Å². The molecule has 19 heavy (non-hydrogen) atoms. The average Bonchev–Trinajstić information content (AvgIpc) is 3.04. The zero-order chi connectivity index (χ0) is 13.8. The van der Waals surface area contributed by atoms with E-state index in [-0.39, 0.29) is 11.7 Å². The van der Waals surface area contributed by atoms with Crippen LogP contribution in [0.5, 0.6) is 0 Å². The molecule has 1 aliphatic rings. The highest BCUT2D eigenvalue weighted by molar-refractivity contribution is 5.90. The first kappa shape index (κ1) is 13.6. The molecule has 1 aliphatic carbocycles. The molecule has 4 N–H and O–H groups in total. The van der Waals surface area contributed by atoms with Gasteiger partial charge in [0, 0.05) is 6.04 Å². The van der Waals surface area contributed by atoms with Crippen LogP contribution in [0.4, 0.5) is 0 Å². The number of carbonyl (C=O) groups is 2. The van der Waals surface area contributed by atoms with Gasteiger partial charge in [-0.2, -0.15) is 0 Å². The molecule has 1 fully saturated rings. The minimum Gasteiger partial charge on any atom is -0.455 e. The molecule has 0 atom stereocenters. The minimum atomic E-state index is -0.472. The van der Waals surface area contributed by atoms with Crippen LogP contribution in [-0.4, -0.2) is 36.3 Å². The lowest BCUT2D eigenvalue weighted by molar-refractivity contribution is -0.122. The van der Waals surface area contributed by atoms with Crippen molar-refractivity contribution in [3.05, 3.63) is 23.7 Å². The normalized spacial score (nSPS) is 14.5. The Kier molecular flexibility index (Phi) is 4.18. The number of nitrogens with zero attached hydrogens (tertiary/aromatic N) is 1. The number of carbonyl (C=O) groups excluding carboxylic acids is 2. The Labute approximate surface area is 111 Å². The van der Waals surface area contributed by atoms with Crippen molar-refractivity contribution in [1.29, 1.82) is 0 Å². The molecule has 0 spiro atoms. The lowest BCUT2D eigenvalue weighted by atomic mass is 10.4. The van der Waals surface area contributed by atoms with Crippen LogP contribution in [-0.2, 0) is 11.3 Å². The van der Waals surface area contributed by atoms with E-state index in [0.29, 0.717) is 24.9 Å². The second-order valence-electron chi connectivity index (χ2n) is 4.75. The summed E-state index contributed by atoms with van der Waals surface area (Å²) in [5.41, 5.74) is 2.00. The van der Waals surface area contributed by atoms with Gasteiger partial charge in [-0.3, -0.25) is 19.9 Å². The fraction of sp³-hybridized carbons (Fsp3) is 0.500. The van der Waals surface area contributed by atoms with Crippen LogP contribution in [0.25, 0.3) is 0 Å². The molecule has 7 nitrogen and oxygen atoms in total. The first-order valence-corrected chi connectivity index (χ1v) is 6.16. The molecule has 0 unspecified atom stereocenters. The van der Waals surface area contributed by atoms with E-state index in [9.17, 15) is 9.59 Å². The molecule has 1 heterocycles. The summed E-state index contributed by atoms with van der Waals surface area (Å²) in [7, 11) is 1.82. The largest absolute Gasteiger partial charge is 0.455 e. The van der Waals surface area contributed by atoms with Gasteiger partial charge in [0.2, 0.25) is 5.91 Å². The van der Waals surface area contributed by atoms with Crippen LogP contribution < -0.4 is 16.6 Å². The Morgan fingerprint density at radius 3 is 2.84 bits per heavy atom. The van der Waals surface area contributed by atoms with Crippen LogP contribution in [0.15, 0.2) is 16.5 Å². The summed E-state index contributed by atoms with van der Waals surface area (Å²) < 4.78 is 5.32. The first-order valence-electron chi connectivity index (χ1n) is 6.16. The van der Waals surface area contributed by atoms with Crippen LogP contribution >= 0.6 is 0 Å². The summed E-state index contributed by atoms with van der Waals surface area (Å²) in [6.45, 7) is 0.756. The minimum absolute atomic E-state index is 0.0106. The van der Waals surface area contributed by atoms with E-state index in [2.05, 4.69) is 5.32 Å². The Bertz CT molecular complexity index is 467. The second-order valence-corrected chi connectivity index (χ2v) is 4.75. The fourth-order valence-corrected chi connectivity index (χ4v) is 1.72. The number of rotatable bonds is 6. The van der Waals surface area contributed by atoms with E-state index >= 15 is 0 Å². The van der Waals surface area contributed by atoms with Crippen LogP contribution in [0.1, 0.15) is 29.2 Å². The molecule has 0 bridgehead atoms. The SMILES string of the molecule is CN(CC(=O)NC1CC1)Cc1ccc(C(=O)NN)o1. The number of hydrogen-bond acceptors (Lipinski definition) is 5. The Morgan fingerprint density at radius 1 is 1.47 bits per heavy atom. The summed E-state index contributed by atoms with van der Waals surface area (Å²) in [5, 5.41) is 2.91. The summed E-state index contributed by atoms with van der Waals surface area (Å²) >= 11 is 0. The van der Waals surface area contributed by atoms with Crippen molar-refractivity contribution in [2.24, 2.45) is 5.84 Å². The molecule has 0 radical (unpaired) electrons. The topological polar surface area (TPSA) is 101 Å². The van der Waals surface area contributed by atoms with Gasteiger partial charge in [-0.15, -0.1) is 0 Å². The summed E-state index contributed by atoms with van der Waals surface area (Å²) in [4.78, 5) is 24.6. The Morgan fingerprint density at radius 2 is 2.21 bits per heavy atom. The van der Waals surface area contributed by atoms with E-state index in [1.54, 1.807) is 12.1 Å². The van der Waals surface area contributed by atoms with Gasteiger partial charge in [0.25, 0.3) is 0 Å². The third-order valence-corrected chi connectivity index (χ3v) is 2.80. The van der Waals surface area contributed by atoms with Crippen molar-refractivity contribution < 1.29 is 14.0 Å². The fourth-order valence-electron chi connectivity index (χ4n) is 1.72. The van der Waals surface area contributed by atoms with Gasteiger partial charge in [0.05, 0.1) is 13.1 Å². The third kappa shape index (κ3) is 4.08. The number of nitrogens with two attached hydrogens (primary N) is 1. The van der Waals surface area contributed by atoms with Gasteiger partial charge < -0.3 is 9.73 Å². The van der Waals surface area contributed by atoms with Gasteiger partial charge in [-0.1, -0.05) is 0 Å². The molecule has 104 valence electrons. The number of hydrazine groups is 1. The molecular weight excluding hydrogens is 248 g/mol. The standard InChI is InChI=1S/C12H18N4O3/c1-16(7-11(17)14-8-2-3-8)6-9-4-5-10(19-9)12(18)15-13/h4-5,8H,2-3,6-7,13H2,1H3,(H,14,17)(H,15,18). The van der Waals surface area contributed by atoms with Crippen molar-refractivity contribution in [2.45, 2.75) is 25.4 Å². The highest BCUT2D eigenvalue weighted by atomic mass is 16.4. The van der Waals surface area contributed by atoms with E-state index in [1.807, 2.05) is 17.4 Å². The van der Waals surface area contributed by atoms with E-state index < -0.39 is 5.91 Å². The smallest absolute Gasteiger partial charge is 0.300 e. The van der Waals surface area contributed by atoms with Gasteiger partial charge in [-0.05, 0) is 32.0 Å². The molecule has 7 heteroatoms. The number of likely N-dealkylation sites (N-methyl/N-ethyl adjacent to an activating group) is 1. The number of hydrogen-bond donors (Lipinski definition) is 3. The van der Waals surface area contributed by atoms with Gasteiger partial charge in [0.1, 0.15) is 5.76 Å². The number of furan rings is 1. The van der Waals surface area contributed by atoms with Crippen molar-refractivity contribution in [1.82, 2.24) is 15.6 Å². The van der Waals surface area contributed by atoms with Gasteiger partial charge in [-0.25, -0.2) is 5.84 Å². The third-order valence-electron chi connectivity index (χ3n) is 2.80. The number of nitrogen functional groups attached to an aromatic ring is 1. The summed E-state index contributed by atoms with van der Waals surface area (Å²) in [6.07, 6.45) is 2.15. The Hall–Kier alpha value is -1.86. The Balaban J connectivity index is 1.80. The highest BCUT2D eigenvalue weighted by Crippen LogP contribution is 2.18. The monoisotopic (exact) mass is 266 g/mol. The van der Waals surface area contributed by atoms with Crippen molar-refractivity contribution in [2.75, 3.05) is 13.6 Å². The predicted octanol–water partition coefficient (Wildman–Crippen LogP) is -0.406. The molecule has 0 aromatic carbocycles. The molecule has 0 aliphatic heterocycles. The van der Waals surface area contributed by atoms with Crippen LogP contribution in [0, 0.1) is 0 Å². The number of nitrogens with one attached hydrogen (secondary N) is 2. The maximum atomic E-state index is 11.6. The molecule has 0 saturated heterocycles. The van der Waals surface area contributed by atoms with Crippen molar-refractivity contribution >= 4 is 11.8 Å². The predicted molar refractivity (Wildman–Crippen MR) is 67.9 cm³/mol.